The standard InChI is InChI=1S/C13H17Br2FN2O2.ClH/c1-20-10-6-8(11(14)12(15)13(10)19)9(7-16)18-4-2-17-3-5-18;/h6,9,17,19H,2-5,7H2,1H3;1H/t9-;/m0./s1. The van der Waals surface area contributed by atoms with E-state index in [2.05, 4.69) is 42.1 Å². The van der Waals surface area contributed by atoms with Crippen LogP contribution >= 0.6 is 44.3 Å². The number of hydrogen-bond donors (Lipinski definition) is 2. The lowest BCUT2D eigenvalue weighted by molar-refractivity contribution is 0.146. The smallest absolute Gasteiger partial charge is 0.173 e. The average molecular weight is 449 g/mol. The van der Waals surface area contributed by atoms with Crippen molar-refractivity contribution in [1.29, 1.82) is 0 Å². The Bertz CT molecular complexity index is 488. The summed E-state index contributed by atoms with van der Waals surface area (Å²) in [6.07, 6.45) is 0. The van der Waals surface area contributed by atoms with E-state index in [1.807, 2.05) is 0 Å². The number of benzene rings is 1. The summed E-state index contributed by atoms with van der Waals surface area (Å²) in [5.74, 6) is 0.352. The monoisotopic (exact) mass is 446 g/mol. The molecule has 1 atom stereocenters. The highest BCUT2D eigenvalue weighted by Gasteiger charge is 2.27. The first-order valence-corrected chi connectivity index (χ1v) is 7.94. The minimum Gasteiger partial charge on any atom is -0.503 e. The number of nitrogens with one attached hydrogen (secondary N) is 1. The molecular formula is C13H18Br2ClFN2O2. The molecule has 1 aromatic carbocycles. The van der Waals surface area contributed by atoms with Crippen LogP contribution < -0.4 is 10.1 Å². The van der Waals surface area contributed by atoms with Crippen LogP contribution in [0.25, 0.3) is 0 Å². The lowest BCUT2D eigenvalue weighted by Crippen LogP contribution is -2.45. The van der Waals surface area contributed by atoms with Gasteiger partial charge in [0.15, 0.2) is 11.5 Å². The van der Waals surface area contributed by atoms with Gasteiger partial charge < -0.3 is 15.2 Å². The SMILES string of the molecule is COc1cc([C@H](CF)N2CCNCC2)c(Br)c(Br)c1O.Cl. The Hall–Kier alpha value is -0.0800. The van der Waals surface area contributed by atoms with E-state index in [-0.39, 0.29) is 24.2 Å². The van der Waals surface area contributed by atoms with Gasteiger partial charge in [0.25, 0.3) is 0 Å². The highest BCUT2D eigenvalue weighted by Crippen LogP contribution is 2.44. The summed E-state index contributed by atoms with van der Waals surface area (Å²) >= 11 is 6.74. The van der Waals surface area contributed by atoms with Gasteiger partial charge in [-0.25, -0.2) is 4.39 Å². The summed E-state index contributed by atoms with van der Waals surface area (Å²) in [6, 6.07) is 1.34. The molecule has 0 amide bonds. The second-order valence-electron chi connectivity index (χ2n) is 4.60. The van der Waals surface area contributed by atoms with Crippen molar-refractivity contribution < 1.29 is 14.2 Å². The van der Waals surface area contributed by atoms with E-state index in [1.54, 1.807) is 6.07 Å². The Morgan fingerprint density at radius 3 is 2.52 bits per heavy atom. The average Bonchev–Trinajstić information content (AvgIpc) is 2.49. The van der Waals surface area contributed by atoms with E-state index in [1.165, 1.54) is 7.11 Å². The molecule has 8 heteroatoms. The minimum absolute atomic E-state index is 0. The van der Waals surface area contributed by atoms with E-state index < -0.39 is 6.67 Å². The fourth-order valence-electron chi connectivity index (χ4n) is 2.38. The van der Waals surface area contributed by atoms with Crippen LogP contribution in [0.15, 0.2) is 15.0 Å². The summed E-state index contributed by atoms with van der Waals surface area (Å²) in [7, 11) is 1.48. The topological polar surface area (TPSA) is 44.7 Å². The second kappa shape index (κ2) is 8.53. The van der Waals surface area contributed by atoms with Crippen molar-refractivity contribution >= 4 is 44.3 Å². The minimum atomic E-state index is -0.487. The largest absolute Gasteiger partial charge is 0.503 e. The predicted octanol–water partition coefficient (Wildman–Crippen LogP) is 3.26. The first kappa shape index (κ1) is 19.0. The van der Waals surface area contributed by atoms with Crippen LogP contribution in [0.5, 0.6) is 11.5 Å². The third kappa shape index (κ3) is 4.01. The van der Waals surface area contributed by atoms with Gasteiger partial charge in [-0.15, -0.1) is 12.4 Å². The Balaban J connectivity index is 0.00000220. The highest BCUT2D eigenvalue weighted by molar-refractivity contribution is 9.13. The van der Waals surface area contributed by atoms with Crippen LogP contribution in [0.1, 0.15) is 11.6 Å². The van der Waals surface area contributed by atoms with Gasteiger partial charge in [0.2, 0.25) is 0 Å². The van der Waals surface area contributed by atoms with Crippen LogP contribution in [0, 0.1) is 0 Å². The number of methoxy groups -OCH3 is 1. The van der Waals surface area contributed by atoms with Gasteiger partial charge in [0.05, 0.1) is 17.6 Å². The second-order valence-corrected chi connectivity index (χ2v) is 6.19. The Morgan fingerprint density at radius 2 is 2.00 bits per heavy atom. The van der Waals surface area contributed by atoms with Crippen LogP contribution in [-0.4, -0.2) is 50.0 Å². The van der Waals surface area contributed by atoms with Gasteiger partial charge in [-0.2, -0.15) is 0 Å². The number of nitrogens with zero attached hydrogens (tertiary/aromatic N) is 1. The number of hydrogen-bond acceptors (Lipinski definition) is 4. The molecule has 1 fully saturated rings. The number of aromatic hydroxyl groups is 1. The lowest BCUT2D eigenvalue weighted by Gasteiger charge is -2.34. The van der Waals surface area contributed by atoms with Crippen LogP contribution in [-0.2, 0) is 0 Å². The summed E-state index contributed by atoms with van der Waals surface area (Å²) < 4.78 is 19.9. The van der Waals surface area contributed by atoms with Crippen molar-refractivity contribution in [3.05, 3.63) is 20.6 Å². The van der Waals surface area contributed by atoms with Crippen molar-refractivity contribution in [3.63, 3.8) is 0 Å². The Labute approximate surface area is 146 Å². The summed E-state index contributed by atoms with van der Waals surface area (Å²) in [4.78, 5) is 2.10. The summed E-state index contributed by atoms with van der Waals surface area (Å²) in [6.45, 7) is 2.80. The van der Waals surface area contributed by atoms with E-state index in [0.717, 1.165) is 31.7 Å². The molecule has 1 heterocycles. The highest BCUT2D eigenvalue weighted by atomic mass is 79.9. The molecule has 2 rings (SSSR count). The van der Waals surface area contributed by atoms with Crippen molar-refractivity contribution in [2.75, 3.05) is 40.0 Å². The molecule has 0 bridgehead atoms. The zero-order valence-electron chi connectivity index (χ0n) is 11.5. The Morgan fingerprint density at radius 1 is 1.38 bits per heavy atom. The molecule has 0 aromatic heterocycles. The maximum Gasteiger partial charge on any atom is 0.173 e. The molecule has 21 heavy (non-hydrogen) atoms. The van der Waals surface area contributed by atoms with Gasteiger partial charge in [-0.1, -0.05) is 0 Å². The third-order valence-electron chi connectivity index (χ3n) is 3.49. The fraction of sp³-hybridized carbons (Fsp3) is 0.538. The first-order chi connectivity index (χ1) is 9.60. The number of piperazine rings is 1. The molecule has 2 N–H and O–H groups in total. The van der Waals surface area contributed by atoms with E-state index >= 15 is 0 Å². The molecule has 0 saturated carbocycles. The molecule has 0 unspecified atom stereocenters. The zero-order chi connectivity index (χ0) is 14.7. The van der Waals surface area contributed by atoms with Gasteiger partial charge in [0.1, 0.15) is 6.67 Å². The summed E-state index contributed by atoms with van der Waals surface area (Å²) in [5.41, 5.74) is 0.774. The molecule has 1 aromatic rings. The van der Waals surface area contributed by atoms with Gasteiger partial charge in [-0.3, -0.25) is 4.90 Å². The maximum absolute atomic E-state index is 13.6. The van der Waals surface area contributed by atoms with E-state index in [0.29, 0.717) is 14.7 Å². The molecule has 4 nitrogen and oxygen atoms in total. The van der Waals surface area contributed by atoms with Gasteiger partial charge in [0, 0.05) is 30.7 Å². The van der Waals surface area contributed by atoms with E-state index in [9.17, 15) is 9.50 Å². The predicted molar refractivity (Wildman–Crippen MR) is 90.5 cm³/mol. The molecule has 120 valence electrons. The first-order valence-electron chi connectivity index (χ1n) is 6.35. The van der Waals surface area contributed by atoms with E-state index in [4.69, 9.17) is 4.74 Å². The normalized spacial score (nSPS) is 17.1. The molecule has 1 saturated heterocycles. The van der Waals surface area contributed by atoms with Crippen LogP contribution in [0.2, 0.25) is 0 Å². The molecule has 1 aliphatic heterocycles. The summed E-state index contributed by atoms with van der Waals surface area (Å²) in [5, 5.41) is 13.2. The van der Waals surface area contributed by atoms with Crippen molar-refractivity contribution in [3.8, 4) is 11.5 Å². The number of alkyl halides is 1. The van der Waals surface area contributed by atoms with Gasteiger partial charge in [-0.05, 0) is 43.5 Å². The number of rotatable bonds is 4. The quantitative estimate of drug-likeness (QED) is 0.742. The van der Waals surface area contributed by atoms with Gasteiger partial charge >= 0.3 is 0 Å². The van der Waals surface area contributed by atoms with Crippen LogP contribution in [0.4, 0.5) is 4.39 Å². The molecule has 0 spiro atoms. The zero-order valence-corrected chi connectivity index (χ0v) is 15.5. The number of ether oxygens (including phenoxy) is 1. The molecule has 0 aliphatic carbocycles. The molecular weight excluding hydrogens is 430 g/mol. The number of phenols is 1. The van der Waals surface area contributed by atoms with Crippen LogP contribution in [0.3, 0.4) is 0 Å². The van der Waals surface area contributed by atoms with Crippen molar-refractivity contribution in [2.24, 2.45) is 0 Å². The number of halogens is 4. The Kier molecular flexibility index (Phi) is 7.70. The third-order valence-corrected chi connectivity index (χ3v) is 5.65. The molecule has 1 aliphatic rings. The van der Waals surface area contributed by atoms with Crippen molar-refractivity contribution in [2.45, 2.75) is 6.04 Å². The number of phenolic OH excluding ortho intramolecular Hbond substituents is 1. The fourth-order valence-corrected chi connectivity index (χ4v) is 3.37. The lowest BCUT2D eigenvalue weighted by atomic mass is 10.0. The maximum atomic E-state index is 13.6. The van der Waals surface area contributed by atoms with Crippen molar-refractivity contribution in [1.82, 2.24) is 10.2 Å². The molecule has 0 radical (unpaired) electrons.